The largest absolute Gasteiger partial charge is 0.356 e. The van der Waals surface area contributed by atoms with E-state index in [2.05, 4.69) is 31.0 Å². The van der Waals surface area contributed by atoms with Crippen molar-refractivity contribution in [1.82, 2.24) is 35.7 Å². The first kappa shape index (κ1) is 36.1. The molecule has 3 heterocycles. The molecule has 0 saturated heterocycles. The molecule has 11 nitrogen and oxygen atoms in total. The van der Waals surface area contributed by atoms with Crippen LogP contribution in [0.25, 0.3) is 22.0 Å². The fourth-order valence-electron chi connectivity index (χ4n) is 6.90. The smallest absolute Gasteiger partial charge is 0.243 e. The van der Waals surface area contributed by atoms with E-state index in [-0.39, 0.29) is 46.4 Å². The van der Waals surface area contributed by atoms with Gasteiger partial charge in [-0.15, -0.1) is 0 Å². The van der Waals surface area contributed by atoms with Crippen molar-refractivity contribution in [1.29, 1.82) is 0 Å². The lowest BCUT2D eigenvalue weighted by atomic mass is 9.95. The van der Waals surface area contributed by atoms with Crippen LogP contribution in [-0.4, -0.2) is 55.8 Å². The molecule has 1 fully saturated rings. The molecule has 3 N–H and O–H groups in total. The third kappa shape index (κ3) is 8.44. The Morgan fingerprint density at radius 2 is 1.76 bits per heavy atom. The minimum atomic E-state index is -0.984. The lowest BCUT2D eigenvalue weighted by molar-refractivity contribution is -0.130. The summed E-state index contributed by atoms with van der Waals surface area (Å²) in [5, 5.41) is 14.0. The third-order valence-corrected chi connectivity index (χ3v) is 10.3. The van der Waals surface area contributed by atoms with Gasteiger partial charge in [-0.25, -0.2) is 14.4 Å². The number of hydrogen-bond donors (Lipinski definition) is 3. The number of Topliss-reactive ketones (excluding diaryl/α,β-unsaturated/α-hetero) is 1. The molecule has 3 amide bonds. The number of carbonyl (C=O) groups is 4. The van der Waals surface area contributed by atoms with Crippen LogP contribution in [0, 0.1) is 18.2 Å². The summed E-state index contributed by atoms with van der Waals surface area (Å²) in [6, 6.07) is 6.80. The summed E-state index contributed by atoms with van der Waals surface area (Å²) in [4.78, 5) is 62.2. The van der Waals surface area contributed by atoms with Gasteiger partial charge in [-0.3, -0.25) is 23.9 Å². The fraction of sp³-hybridized carbons (Fsp3) is 0.447. The number of amides is 3. The number of benzene rings is 2. The molecule has 268 valence electrons. The maximum atomic E-state index is 14.9. The molecule has 1 spiro atoms. The van der Waals surface area contributed by atoms with Crippen molar-refractivity contribution in [2.45, 2.75) is 97.2 Å². The zero-order valence-corrected chi connectivity index (χ0v) is 29.9. The van der Waals surface area contributed by atoms with Crippen LogP contribution in [0.1, 0.15) is 98.7 Å². The quantitative estimate of drug-likeness (QED) is 0.216. The van der Waals surface area contributed by atoms with Crippen LogP contribution in [0.5, 0.6) is 0 Å². The van der Waals surface area contributed by atoms with Crippen molar-refractivity contribution in [3.8, 4) is 11.1 Å². The molecular weight excluding hydrogens is 673 g/mol. The number of aryl methyl sites for hydroxylation is 2. The van der Waals surface area contributed by atoms with Crippen LogP contribution in [-0.2, 0) is 27.3 Å². The summed E-state index contributed by atoms with van der Waals surface area (Å²) in [5.74, 6) is -1.21. The molecule has 2 atom stereocenters. The van der Waals surface area contributed by atoms with Crippen molar-refractivity contribution in [2.24, 2.45) is 5.41 Å². The molecule has 1 aliphatic heterocycles. The molecule has 1 aliphatic carbocycles. The highest BCUT2D eigenvalue weighted by Crippen LogP contribution is 2.49. The van der Waals surface area contributed by atoms with E-state index in [1.807, 2.05) is 19.1 Å². The van der Waals surface area contributed by atoms with E-state index in [0.717, 1.165) is 55.2 Å². The third-order valence-electron chi connectivity index (χ3n) is 9.98. The topological polar surface area (TPSA) is 148 Å². The Kier molecular flexibility index (Phi) is 10.8. The molecule has 0 radical (unpaired) electrons. The van der Waals surface area contributed by atoms with Gasteiger partial charge in [0.15, 0.2) is 5.78 Å². The molecule has 13 heteroatoms. The zero-order chi connectivity index (χ0) is 36.3. The Morgan fingerprint density at radius 1 is 1.04 bits per heavy atom. The van der Waals surface area contributed by atoms with Crippen LogP contribution in [0.2, 0.25) is 5.02 Å². The van der Waals surface area contributed by atoms with E-state index in [4.69, 9.17) is 11.6 Å². The predicted molar refractivity (Wildman–Crippen MR) is 191 cm³/mol. The van der Waals surface area contributed by atoms with Crippen LogP contribution >= 0.6 is 11.6 Å². The number of hydrogen-bond acceptors (Lipinski definition) is 7. The first-order valence-corrected chi connectivity index (χ1v) is 17.9. The van der Waals surface area contributed by atoms with E-state index >= 15 is 0 Å². The van der Waals surface area contributed by atoms with E-state index in [9.17, 15) is 23.6 Å². The number of halogens is 2. The van der Waals surface area contributed by atoms with Crippen molar-refractivity contribution < 1.29 is 23.6 Å². The highest BCUT2D eigenvalue weighted by atomic mass is 35.5. The molecule has 1 saturated carbocycles. The van der Waals surface area contributed by atoms with Gasteiger partial charge in [-0.05, 0) is 87.1 Å². The number of rotatable bonds is 5. The molecular formula is C38H43ClFN7O4. The van der Waals surface area contributed by atoms with E-state index in [1.165, 1.54) is 13.0 Å². The normalized spacial score (nSPS) is 19.0. The minimum Gasteiger partial charge on any atom is -0.356 e. The molecule has 2 aliphatic rings. The van der Waals surface area contributed by atoms with E-state index in [0.29, 0.717) is 36.1 Å². The van der Waals surface area contributed by atoms with Crippen LogP contribution in [0.15, 0.2) is 42.7 Å². The number of nitrogens with zero attached hydrogens (tertiary/aromatic N) is 4. The lowest BCUT2D eigenvalue weighted by Gasteiger charge is -2.26. The zero-order valence-electron chi connectivity index (χ0n) is 29.2. The molecule has 4 aromatic rings. The van der Waals surface area contributed by atoms with Gasteiger partial charge in [-0.1, -0.05) is 36.6 Å². The second-order valence-electron chi connectivity index (χ2n) is 14.0. The van der Waals surface area contributed by atoms with E-state index < -0.39 is 29.7 Å². The Balaban J connectivity index is 1.35. The maximum Gasteiger partial charge on any atom is 0.243 e. The average molecular weight is 716 g/mol. The second kappa shape index (κ2) is 15.3. The fourth-order valence-corrected chi connectivity index (χ4v) is 7.08. The maximum absolute atomic E-state index is 14.9. The minimum absolute atomic E-state index is 0.0344. The van der Waals surface area contributed by atoms with Crippen molar-refractivity contribution in [3.63, 3.8) is 0 Å². The van der Waals surface area contributed by atoms with Crippen molar-refractivity contribution >= 4 is 46.0 Å². The number of ketones is 1. The molecule has 0 bridgehead atoms. The molecule has 2 aromatic heterocycles. The highest BCUT2D eigenvalue weighted by molar-refractivity contribution is 6.30. The summed E-state index contributed by atoms with van der Waals surface area (Å²) in [5.41, 5.74) is 3.33. The Labute approximate surface area is 301 Å². The standard InChI is InChI=1S/C38H43ClFN7O4/c1-22(28-10-8-11-30(39)34(28)40)44-37(51)31-17-38(13-14-38)21-43-32(49)12-7-5-4-6-9-25-15-26(27-18-41-24(3)42-19-27)16-29-35(23(2)48)46-47(36(25)29)20-33(50)45-31/h8,10-11,15-16,18-19,22,31H,4-7,9,12-14,17,20-21H2,1-3H3,(H,43,49)(H,44,51)(H,45,50)/t22-,31?/m1/s1. The van der Waals surface area contributed by atoms with Crippen LogP contribution < -0.4 is 16.0 Å². The van der Waals surface area contributed by atoms with Crippen molar-refractivity contribution in [2.75, 3.05) is 6.54 Å². The number of nitrogens with one attached hydrogen (secondary N) is 3. The first-order chi connectivity index (χ1) is 24.4. The van der Waals surface area contributed by atoms with Gasteiger partial charge in [0.1, 0.15) is 29.9 Å². The second-order valence-corrected chi connectivity index (χ2v) is 14.4. The van der Waals surface area contributed by atoms with Crippen LogP contribution in [0.3, 0.4) is 0 Å². The first-order valence-electron chi connectivity index (χ1n) is 17.6. The summed E-state index contributed by atoms with van der Waals surface area (Å²) in [6.07, 6.45) is 9.75. The van der Waals surface area contributed by atoms with Gasteiger partial charge >= 0.3 is 0 Å². The van der Waals surface area contributed by atoms with Crippen molar-refractivity contribution in [3.05, 3.63) is 76.2 Å². The lowest BCUT2D eigenvalue weighted by Crippen LogP contribution is -2.50. The Morgan fingerprint density at radius 3 is 2.47 bits per heavy atom. The van der Waals surface area contributed by atoms with Gasteiger partial charge in [0.2, 0.25) is 17.7 Å². The SMILES string of the molecule is CC(=O)c1nn2c3c(cc(-c4cnc(C)nc4)cc13)CCCCCCC(=O)NCC1(CC1)CC(C(=O)N[C@H](C)c1cccc(Cl)c1F)NC(=O)C2. The molecule has 51 heavy (non-hydrogen) atoms. The van der Waals surface area contributed by atoms with Gasteiger partial charge in [-0.2, -0.15) is 5.10 Å². The Bertz CT molecular complexity index is 1970. The molecule has 1 unspecified atom stereocenters. The monoisotopic (exact) mass is 715 g/mol. The summed E-state index contributed by atoms with van der Waals surface area (Å²) >= 11 is 6.01. The van der Waals surface area contributed by atoms with Gasteiger partial charge < -0.3 is 16.0 Å². The van der Waals surface area contributed by atoms with Gasteiger partial charge in [0.05, 0.1) is 16.6 Å². The summed E-state index contributed by atoms with van der Waals surface area (Å²) < 4.78 is 16.4. The number of carbonyl (C=O) groups excluding carboxylic acids is 4. The summed E-state index contributed by atoms with van der Waals surface area (Å²) in [6.45, 7) is 5.07. The van der Waals surface area contributed by atoms with Gasteiger partial charge in [0.25, 0.3) is 0 Å². The van der Waals surface area contributed by atoms with Gasteiger partial charge in [0, 0.05) is 48.8 Å². The molecule has 2 aromatic carbocycles. The predicted octanol–water partition coefficient (Wildman–Crippen LogP) is 5.95. The Hall–Kier alpha value is -4.71. The number of aromatic nitrogens is 4. The summed E-state index contributed by atoms with van der Waals surface area (Å²) in [7, 11) is 0. The molecule has 6 rings (SSSR count). The van der Waals surface area contributed by atoms with E-state index in [1.54, 1.807) is 36.1 Å². The van der Waals surface area contributed by atoms with Crippen LogP contribution in [0.4, 0.5) is 4.39 Å². The highest BCUT2D eigenvalue weighted by Gasteiger charge is 2.46. The average Bonchev–Trinajstić information content (AvgIpc) is 3.77.